The molecule has 0 aromatic carbocycles. The van der Waals surface area contributed by atoms with Gasteiger partial charge >= 0.3 is 0 Å². The number of guanidine groups is 1. The Bertz CT molecular complexity index is 385. The van der Waals surface area contributed by atoms with Crippen molar-refractivity contribution in [2.45, 2.75) is 46.1 Å². The third-order valence-corrected chi connectivity index (χ3v) is 5.08. The number of hydrogen-bond donors (Lipinski definition) is 2. The highest BCUT2D eigenvalue weighted by Crippen LogP contribution is 2.10. The average Bonchev–Trinajstić information content (AvgIpc) is 2.59. The van der Waals surface area contributed by atoms with Crippen LogP contribution in [-0.4, -0.2) is 97.3 Å². The molecule has 0 amide bonds. The Kier molecular flexibility index (Phi) is 8.99. The molecule has 2 aliphatic heterocycles. The Balaban J connectivity index is 1.71. The van der Waals surface area contributed by atoms with Gasteiger partial charge in [0.05, 0.1) is 6.10 Å². The minimum Gasteiger partial charge on any atom is -0.393 e. The summed E-state index contributed by atoms with van der Waals surface area (Å²) in [6.07, 6.45) is 2.86. The Morgan fingerprint density at radius 3 is 2.36 bits per heavy atom. The summed E-state index contributed by atoms with van der Waals surface area (Å²) in [5.74, 6) is 1.82. The van der Waals surface area contributed by atoms with Crippen LogP contribution in [0.4, 0.5) is 0 Å². The van der Waals surface area contributed by atoms with Gasteiger partial charge in [0, 0.05) is 58.9 Å². The number of aliphatic imine (C=N–C) groups is 1. The lowest BCUT2D eigenvalue weighted by atomic mass is 10.1. The number of aliphatic hydroxyl groups is 1. The van der Waals surface area contributed by atoms with Crippen LogP contribution < -0.4 is 5.32 Å². The standard InChI is InChI=1S/C19H39N5O/c1-4-20-19(24-14-12-23(13-15-24)16-17(2)3)21-8-5-9-22-10-6-18(25)7-11-22/h17-18,25H,4-16H2,1-3H3,(H,20,21). The summed E-state index contributed by atoms with van der Waals surface area (Å²) in [5, 5.41) is 13.0. The first-order valence-electron chi connectivity index (χ1n) is 10.2. The van der Waals surface area contributed by atoms with Gasteiger partial charge in [-0.05, 0) is 38.6 Å². The predicted molar refractivity (Wildman–Crippen MR) is 105 cm³/mol. The van der Waals surface area contributed by atoms with Crippen LogP contribution in [0.3, 0.4) is 0 Å². The Labute approximate surface area is 154 Å². The fourth-order valence-electron chi connectivity index (χ4n) is 3.71. The van der Waals surface area contributed by atoms with Crippen molar-refractivity contribution in [3.8, 4) is 0 Å². The molecule has 6 nitrogen and oxygen atoms in total. The summed E-state index contributed by atoms with van der Waals surface area (Å²) in [4.78, 5) is 12.3. The summed E-state index contributed by atoms with van der Waals surface area (Å²) < 4.78 is 0. The normalized spacial score (nSPS) is 22.0. The average molecular weight is 354 g/mol. The topological polar surface area (TPSA) is 54.3 Å². The van der Waals surface area contributed by atoms with E-state index in [1.165, 1.54) is 6.54 Å². The molecule has 0 atom stereocenters. The molecule has 0 unspecified atom stereocenters. The highest BCUT2D eigenvalue weighted by Gasteiger charge is 2.20. The van der Waals surface area contributed by atoms with Crippen molar-refractivity contribution in [2.75, 3.05) is 65.4 Å². The number of nitrogens with zero attached hydrogens (tertiary/aromatic N) is 4. The Morgan fingerprint density at radius 2 is 1.76 bits per heavy atom. The van der Waals surface area contributed by atoms with E-state index in [1.807, 2.05) is 0 Å². The molecule has 0 aliphatic carbocycles. The molecule has 2 saturated heterocycles. The molecule has 0 spiro atoms. The summed E-state index contributed by atoms with van der Waals surface area (Å²) in [7, 11) is 0. The van der Waals surface area contributed by atoms with Crippen LogP contribution in [0.15, 0.2) is 4.99 Å². The molecule has 0 bridgehead atoms. The second-order valence-corrected chi connectivity index (χ2v) is 7.84. The molecule has 6 heteroatoms. The van der Waals surface area contributed by atoms with E-state index < -0.39 is 0 Å². The number of rotatable bonds is 7. The maximum Gasteiger partial charge on any atom is 0.194 e. The summed E-state index contributed by atoms with van der Waals surface area (Å²) in [6.45, 7) is 17.3. The third kappa shape index (κ3) is 7.50. The van der Waals surface area contributed by atoms with Crippen molar-refractivity contribution in [1.82, 2.24) is 20.0 Å². The number of nitrogens with one attached hydrogen (secondary N) is 1. The number of aliphatic hydroxyl groups excluding tert-OH is 1. The molecule has 2 rings (SSSR count). The Hall–Kier alpha value is -0.850. The van der Waals surface area contributed by atoms with E-state index in [-0.39, 0.29) is 6.10 Å². The van der Waals surface area contributed by atoms with Crippen LogP contribution in [0.2, 0.25) is 0 Å². The van der Waals surface area contributed by atoms with Crippen molar-refractivity contribution in [2.24, 2.45) is 10.9 Å². The number of piperazine rings is 1. The first-order chi connectivity index (χ1) is 12.1. The molecular weight excluding hydrogens is 314 g/mol. The van der Waals surface area contributed by atoms with E-state index in [2.05, 4.69) is 40.8 Å². The van der Waals surface area contributed by atoms with Gasteiger partial charge in [0.15, 0.2) is 5.96 Å². The third-order valence-electron chi connectivity index (χ3n) is 5.08. The molecule has 2 fully saturated rings. The maximum absolute atomic E-state index is 9.58. The molecule has 25 heavy (non-hydrogen) atoms. The lowest BCUT2D eigenvalue weighted by Crippen LogP contribution is -2.53. The Morgan fingerprint density at radius 1 is 1.08 bits per heavy atom. The van der Waals surface area contributed by atoms with E-state index in [0.717, 1.165) is 90.0 Å². The van der Waals surface area contributed by atoms with Gasteiger partial charge in [-0.3, -0.25) is 9.89 Å². The SMILES string of the molecule is CCNC(=NCCCN1CCC(O)CC1)N1CCN(CC(C)C)CC1. The summed E-state index contributed by atoms with van der Waals surface area (Å²) in [6, 6.07) is 0. The van der Waals surface area contributed by atoms with Crippen LogP contribution >= 0.6 is 0 Å². The maximum atomic E-state index is 9.58. The van der Waals surface area contributed by atoms with Gasteiger partial charge in [-0.1, -0.05) is 13.8 Å². The van der Waals surface area contributed by atoms with Crippen molar-refractivity contribution >= 4 is 5.96 Å². The first-order valence-corrected chi connectivity index (χ1v) is 10.2. The molecule has 0 aromatic rings. The van der Waals surface area contributed by atoms with Gasteiger partial charge in [0.25, 0.3) is 0 Å². The van der Waals surface area contributed by atoms with Crippen LogP contribution in [0.25, 0.3) is 0 Å². The molecule has 0 radical (unpaired) electrons. The molecule has 0 saturated carbocycles. The second-order valence-electron chi connectivity index (χ2n) is 7.84. The van der Waals surface area contributed by atoms with Gasteiger partial charge in [-0.25, -0.2) is 0 Å². The predicted octanol–water partition coefficient (Wildman–Crippen LogP) is 1.07. The molecule has 2 N–H and O–H groups in total. The van der Waals surface area contributed by atoms with Crippen LogP contribution in [0, 0.1) is 5.92 Å². The highest BCUT2D eigenvalue weighted by molar-refractivity contribution is 5.80. The van der Waals surface area contributed by atoms with Crippen molar-refractivity contribution in [3.05, 3.63) is 0 Å². The van der Waals surface area contributed by atoms with Gasteiger partial charge in [-0.15, -0.1) is 0 Å². The summed E-state index contributed by atoms with van der Waals surface area (Å²) >= 11 is 0. The van der Waals surface area contributed by atoms with Crippen LogP contribution in [0.5, 0.6) is 0 Å². The van der Waals surface area contributed by atoms with Crippen LogP contribution in [-0.2, 0) is 0 Å². The lowest BCUT2D eigenvalue weighted by molar-refractivity contribution is 0.0824. The first kappa shape index (κ1) is 20.5. The van der Waals surface area contributed by atoms with Crippen molar-refractivity contribution < 1.29 is 5.11 Å². The zero-order valence-corrected chi connectivity index (χ0v) is 16.6. The molecule has 146 valence electrons. The number of likely N-dealkylation sites (tertiary alicyclic amines) is 1. The van der Waals surface area contributed by atoms with Gasteiger partial charge in [0.1, 0.15) is 0 Å². The monoisotopic (exact) mass is 353 g/mol. The minimum absolute atomic E-state index is 0.0796. The molecular formula is C19H39N5O. The second kappa shape index (κ2) is 11.0. The zero-order valence-electron chi connectivity index (χ0n) is 16.6. The fraction of sp³-hybridized carbons (Fsp3) is 0.947. The lowest BCUT2D eigenvalue weighted by Gasteiger charge is -2.37. The van der Waals surface area contributed by atoms with Gasteiger partial charge in [-0.2, -0.15) is 0 Å². The van der Waals surface area contributed by atoms with E-state index >= 15 is 0 Å². The number of hydrogen-bond acceptors (Lipinski definition) is 4. The highest BCUT2D eigenvalue weighted by atomic mass is 16.3. The molecule has 2 heterocycles. The van der Waals surface area contributed by atoms with Gasteiger partial charge in [0.2, 0.25) is 0 Å². The fourth-order valence-corrected chi connectivity index (χ4v) is 3.71. The van der Waals surface area contributed by atoms with Crippen molar-refractivity contribution in [3.63, 3.8) is 0 Å². The quantitative estimate of drug-likeness (QED) is 0.407. The molecule has 2 aliphatic rings. The van der Waals surface area contributed by atoms with Crippen LogP contribution in [0.1, 0.15) is 40.0 Å². The van der Waals surface area contributed by atoms with Gasteiger partial charge < -0.3 is 20.2 Å². The summed E-state index contributed by atoms with van der Waals surface area (Å²) in [5.41, 5.74) is 0. The molecule has 0 aromatic heterocycles. The zero-order chi connectivity index (χ0) is 18.1. The largest absolute Gasteiger partial charge is 0.393 e. The smallest absolute Gasteiger partial charge is 0.194 e. The number of piperidine rings is 1. The minimum atomic E-state index is -0.0796. The van der Waals surface area contributed by atoms with E-state index in [0.29, 0.717) is 0 Å². The van der Waals surface area contributed by atoms with E-state index in [1.54, 1.807) is 0 Å². The van der Waals surface area contributed by atoms with E-state index in [9.17, 15) is 5.11 Å². The van der Waals surface area contributed by atoms with E-state index in [4.69, 9.17) is 4.99 Å². The van der Waals surface area contributed by atoms with Crippen molar-refractivity contribution in [1.29, 1.82) is 0 Å².